The van der Waals surface area contributed by atoms with E-state index >= 15 is 0 Å². The molecule has 0 bridgehead atoms. The largest absolute Gasteiger partial charge is 0.508 e. The van der Waals surface area contributed by atoms with Gasteiger partial charge in [-0.2, -0.15) is 0 Å². The molecule has 324 valence electrons. The van der Waals surface area contributed by atoms with Crippen molar-refractivity contribution in [3.8, 4) is 45.8 Å². The Balaban J connectivity index is 0. The molecule has 1 aliphatic heterocycles. The van der Waals surface area contributed by atoms with Gasteiger partial charge in [0.05, 0.1) is 13.7 Å². The number of phenolic OH excluding ortho intramolecular Hbond substituents is 4. The molecule has 0 amide bonds. The second kappa shape index (κ2) is 37.0. The monoisotopic (exact) mass is 2150 g/mol. The summed E-state index contributed by atoms with van der Waals surface area (Å²) in [6.45, 7) is -0.211. The zero-order valence-electron chi connectivity index (χ0n) is 29.3. The number of aliphatic hydroxyl groups is 1. The first-order valence-electron chi connectivity index (χ1n) is 15.1. The molecule has 0 spiro atoms. The Labute approximate surface area is 477 Å². The van der Waals surface area contributed by atoms with E-state index in [1.54, 1.807) is 42.5 Å². The van der Waals surface area contributed by atoms with Crippen molar-refractivity contribution in [1.29, 1.82) is 0 Å². The first kappa shape index (κ1) is 63.0. The number of halogens is 12. The summed E-state index contributed by atoms with van der Waals surface area (Å²) in [5.41, 5.74) is 2.59. The van der Waals surface area contributed by atoms with Crippen molar-refractivity contribution in [2.75, 3.05) is 7.11 Å². The van der Waals surface area contributed by atoms with Gasteiger partial charge in [-0.05, 0) is 84.7 Å². The van der Waals surface area contributed by atoms with Crippen molar-refractivity contribution in [1.82, 2.24) is 0 Å². The Morgan fingerprint density at radius 1 is 0.759 bits per heavy atom. The number of rotatable bonds is 6. The summed E-state index contributed by atoms with van der Waals surface area (Å²) < 4.78 is 16.7. The molecular formula is C36H34I12O10-2. The van der Waals surface area contributed by atoms with Gasteiger partial charge in [0.1, 0.15) is 51.6 Å². The Kier molecular flexibility index (Phi) is 40.2. The van der Waals surface area contributed by atoms with Gasteiger partial charge in [0.25, 0.3) is 0 Å². The summed E-state index contributed by atoms with van der Waals surface area (Å²) in [6.07, 6.45) is 7.39. The normalized spacial score (nSPS) is 12.3. The molecule has 1 unspecified atom stereocenters. The van der Waals surface area contributed by atoms with Crippen LogP contribution < -0.4 is 36.7 Å². The molecule has 5 aromatic rings. The number of fused-ring (bicyclic) bond motifs is 1. The number of ether oxygens (including phenoxy) is 2. The smallest absolute Gasteiger partial charge is 0.197 e. The van der Waals surface area contributed by atoms with Crippen LogP contribution in [0.1, 0.15) is 35.6 Å². The first-order valence-corrected chi connectivity index (χ1v) is 52.9. The topological polar surface area (TPSA) is 170 Å². The molecule has 6 N–H and O–H groups in total. The summed E-state index contributed by atoms with van der Waals surface area (Å²) in [7, 11) is 1.52. The number of hydrogen-bond acceptors (Lipinski definition) is 10. The third-order valence-corrected chi connectivity index (χ3v) is 7.29. The van der Waals surface area contributed by atoms with Crippen LogP contribution in [0, 0.1) is 0 Å². The SMILES string of the molecule is COc1cc(C2CCC=C(/C=C/c3ccc(O)c(CO)c3)O2)ccc1O.I.I.II.II.I[I-]I.I[I-]I.O=c1cc(-c2ccc(O)cc2)oc2cc(O)cc(O)c12. The second-order valence-corrected chi connectivity index (χ2v) is 43.1. The van der Waals surface area contributed by atoms with Gasteiger partial charge in [-0.25, -0.2) is 0 Å². The predicted molar refractivity (Wildman–Crippen MR) is 315 cm³/mol. The quantitative estimate of drug-likeness (QED) is 0.0903. The number of methoxy groups -OCH3 is 1. The molecule has 10 nitrogen and oxygen atoms in total. The van der Waals surface area contributed by atoms with Crippen molar-refractivity contribution in [3.05, 3.63) is 124 Å². The molecule has 0 saturated carbocycles. The minimum atomic E-state index is -0.410. The molecule has 6 rings (SSSR count). The summed E-state index contributed by atoms with van der Waals surface area (Å²) in [4.78, 5) is 12.0. The zero-order valence-corrected chi connectivity index (χ0v) is 55.6. The van der Waals surface area contributed by atoms with Crippen LogP contribution in [-0.2, 0) is 11.3 Å². The maximum atomic E-state index is 12.0. The van der Waals surface area contributed by atoms with Gasteiger partial charge >= 0.3 is 101 Å². The minimum absolute atomic E-state index is 0. The van der Waals surface area contributed by atoms with Gasteiger partial charge < -0.3 is 44.5 Å². The van der Waals surface area contributed by atoms with E-state index < -0.39 is 5.43 Å². The molecule has 1 aliphatic rings. The van der Waals surface area contributed by atoms with Crippen LogP contribution in [0.15, 0.2) is 106 Å². The molecule has 0 saturated heterocycles. The zero-order chi connectivity index (χ0) is 42.2. The van der Waals surface area contributed by atoms with Crippen LogP contribution in [0.5, 0.6) is 34.5 Å². The number of hydrogen-bond donors (Lipinski definition) is 6. The molecule has 0 fully saturated rings. The average molecular weight is 2150 g/mol. The van der Waals surface area contributed by atoms with Crippen LogP contribution in [0.4, 0.5) is 0 Å². The number of aliphatic hydroxyl groups excluding tert-OH is 1. The van der Waals surface area contributed by atoms with Crippen molar-refractivity contribution >= 4 is 214 Å². The Hall–Kier alpha value is 2.89. The van der Waals surface area contributed by atoms with Crippen molar-refractivity contribution in [2.24, 2.45) is 0 Å². The standard InChI is InChI=1S/C21H22O5.C15H10O5.2I3.2I2.2HI/c1-25-21-12-15(7-10-19(21)24)20-4-2-3-17(26-20)8-5-14-6-9-18(23)16(11-14)13-22;16-9-3-1-8(2-4-9)13-7-12(19)15-11(18)5-10(17)6-14(15)20-13;2*1-3-2;2*1-2;;/h3,5-12,20,22-24H,2,4,13H2,1H3;1-7,16-18H;;;;;2*1H/q;;2*-1;;;;/b8-5+;;;;;;;. The number of benzene rings is 4. The predicted octanol–water partition coefficient (Wildman–Crippen LogP) is 8.95. The van der Waals surface area contributed by atoms with Gasteiger partial charge in [0.2, 0.25) is 0 Å². The van der Waals surface area contributed by atoms with Gasteiger partial charge in [-0.3, -0.25) is 4.79 Å². The molecule has 1 aromatic heterocycles. The fourth-order valence-electron chi connectivity index (χ4n) is 4.92. The maximum Gasteiger partial charge on any atom is 0.197 e. The maximum absolute atomic E-state index is 12.0. The van der Waals surface area contributed by atoms with E-state index in [4.69, 9.17) is 13.9 Å². The Bertz CT molecular complexity index is 2050. The van der Waals surface area contributed by atoms with E-state index in [1.165, 1.54) is 31.4 Å². The van der Waals surface area contributed by atoms with Crippen LogP contribution in [-0.4, -0.2) is 37.7 Å². The van der Waals surface area contributed by atoms with E-state index in [-0.39, 0.29) is 106 Å². The fourth-order valence-corrected chi connectivity index (χ4v) is 4.92. The van der Waals surface area contributed by atoms with Crippen molar-refractivity contribution < 1.29 is 71.0 Å². The average Bonchev–Trinajstić information content (AvgIpc) is 3.20. The Morgan fingerprint density at radius 3 is 1.95 bits per heavy atom. The molecule has 0 aliphatic carbocycles. The molecule has 2 heterocycles. The van der Waals surface area contributed by atoms with Crippen molar-refractivity contribution in [3.63, 3.8) is 0 Å². The molecule has 22 heteroatoms. The molecule has 0 radical (unpaired) electrons. The number of allylic oxidation sites excluding steroid dienone is 2. The molecule has 58 heavy (non-hydrogen) atoms. The second-order valence-electron chi connectivity index (χ2n) is 10.6. The summed E-state index contributed by atoms with van der Waals surface area (Å²) in [5.74, 6) is 1.24. The fraction of sp³-hybridized carbons (Fsp3) is 0.139. The van der Waals surface area contributed by atoms with E-state index in [9.17, 15) is 35.4 Å². The van der Waals surface area contributed by atoms with E-state index in [0.29, 0.717) is 43.4 Å². The van der Waals surface area contributed by atoms with Crippen LogP contribution in [0.2, 0.25) is 0 Å². The van der Waals surface area contributed by atoms with Gasteiger partial charge in [-0.15, -0.1) is 48.0 Å². The van der Waals surface area contributed by atoms with Crippen molar-refractivity contribution in [2.45, 2.75) is 25.6 Å². The molecule has 1 atom stereocenters. The van der Waals surface area contributed by atoms with E-state index in [0.717, 1.165) is 35.8 Å². The minimum Gasteiger partial charge on any atom is -0.508 e. The summed E-state index contributed by atoms with van der Waals surface area (Å²) in [5, 5.41) is 57.0. The molecule has 4 aromatic carbocycles. The van der Waals surface area contributed by atoms with Crippen LogP contribution in [0.25, 0.3) is 28.4 Å². The van der Waals surface area contributed by atoms with E-state index in [2.05, 4.69) is 149 Å². The van der Waals surface area contributed by atoms with Crippen LogP contribution >= 0.6 is 197 Å². The van der Waals surface area contributed by atoms with Gasteiger partial charge in [-0.1, -0.05) is 18.2 Å². The third kappa shape index (κ3) is 22.4. The molecular weight excluding hydrogens is 2120 g/mol. The Morgan fingerprint density at radius 2 is 1.36 bits per heavy atom. The summed E-state index contributed by atoms with van der Waals surface area (Å²) >= 11 is 19.1. The number of phenols is 5. The number of aromatic hydroxyl groups is 5. The van der Waals surface area contributed by atoms with Gasteiger partial charge in [0, 0.05) is 104 Å². The van der Waals surface area contributed by atoms with E-state index in [1.807, 2.05) is 24.3 Å². The van der Waals surface area contributed by atoms with Gasteiger partial charge in [0.15, 0.2) is 16.9 Å². The summed E-state index contributed by atoms with van der Waals surface area (Å²) in [6, 6.07) is 20.1. The third-order valence-electron chi connectivity index (χ3n) is 7.29. The first-order chi connectivity index (χ1) is 27.0. The van der Waals surface area contributed by atoms with Crippen LogP contribution in [0.3, 0.4) is 0 Å².